The molecule has 0 radical (unpaired) electrons. The Kier molecular flexibility index (Phi) is 9.30. The van der Waals surface area contributed by atoms with Gasteiger partial charge in [0.15, 0.2) is 0 Å². The van der Waals surface area contributed by atoms with E-state index in [1.165, 1.54) is 12.1 Å². The van der Waals surface area contributed by atoms with Gasteiger partial charge >= 0.3 is 0 Å². The van der Waals surface area contributed by atoms with Gasteiger partial charge in [-0.1, -0.05) is 12.1 Å². The van der Waals surface area contributed by atoms with Crippen LogP contribution in [0.2, 0.25) is 0 Å². The predicted molar refractivity (Wildman–Crippen MR) is 78.3 cm³/mol. The standard InChI is InChI=1S/C14H22N2O5/c1-19-8-9-21-11-10-20-7-6-15-12-13-2-4-14(5-3-13)16(17)18/h2-5,15H,6-12H2,1H3. The Labute approximate surface area is 124 Å². The normalized spacial score (nSPS) is 10.7. The number of nitro groups is 1. The molecule has 7 heteroatoms. The molecule has 21 heavy (non-hydrogen) atoms. The Bertz CT molecular complexity index is 397. The lowest BCUT2D eigenvalue weighted by atomic mass is 10.2. The summed E-state index contributed by atoms with van der Waals surface area (Å²) in [5.41, 5.74) is 1.11. The van der Waals surface area contributed by atoms with Crippen molar-refractivity contribution in [3.05, 3.63) is 39.9 Å². The number of non-ortho nitro benzene ring substituents is 1. The molecule has 0 aliphatic carbocycles. The summed E-state index contributed by atoms with van der Waals surface area (Å²) in [6.07, 6.45) is 0. The first kappa shape index (κ1) is 17.5. The van der Waals surface area contributed by atoms with Crippen LogP contribution < -0.4 is 5.32 Å². The van der Waals surface area contributed by atoms with Gasteiger partial charge in [-0.05, 0) is 5.56 Å². The van der Waals surface area contributed by atoms with E-state index in [-0.39, 0.29) is 5.69 Å². The van der Waals surface area contributed by atoms with Crippen molar-refractivity contribution in [1.82, 2.24) is 5.32 Å². The second-order valence-electron chi connectivity index (χ2n) is 4.32. The lowest BCUT2D eigenvalue weighted by molar-refractivity contribution is -0.384. The first-order valence-electron chi connectivity index (χ1n) is 6.82. The zero-order chi connectivity index (χ0) is 15.3. The number of hydrogen-bond acceptors (Lipinski definition) is 6. The Morgan fingerprint density at radius 2 is 1.67 bits per heavy atom. The van der Waals surface area contributed by atoms with Crippen LogP contribution in [0.15, 0.2) is 24.3 Å². The first-order chi connectivity index (χ1) is 10.2. The predicted octanol–water partition coefficient (Wildman–Crippen LogP) is 1.36. The molecule has 0 aliphatic heterocycles. The average Bonchev–Trinajstić information content (AvgIpc) is 2.49. The van der Waals surface area contributed by atoms with Crippen LogP contribution in [0.3, 0.4) is 0 Å². The van der Waals surface area contributed by atoms with Gasteiger partial charge in [0.2, 0.25) is 0 Å². The summed E-state index contributed by atoms with van der Waals surface area (Å²) >= 11 is 0. The number of ether oxygens (including phenoxy) is 3. The molecule has 0 heterocycles. The Hall–Kier alpha value is -1.54. The summed E-state index contributed by atoms with van der Waals surface area (Å²) in [7, 11) is 1.64. The zero-order valence-corrected chi connectivity index (χ0v) is 12.2. The molecular formula is C14H22N2O5. The minimum Gasteiger partial charge on any atom is -0.382 e. The topological polar surface area (TPSA) is 82.9 Å². The molecule has 0 aromatic heterocycles. The third kappa shape index (κ3) is 8.36. The smallest absolute Gasteiger partial charge is 0.269 e. The molecule has 0 saturated heterocycles. The highest BCUT2D eigenvalue weighted by Gasteiger charge is 2.03. The van der Waals surface area contributed by atoms with Crippen LogP contribution in [0.1, 0.15) is 5.56 Å². The summed E-state index contributed by atoms with van der Waals surface area (Å²) < 4.78 is 15.5. The van der Waals surface area contributed by atoms with Gasteiger partial charge in [-0.2, -0.15) is 0 Å². The molecule has 0 atom stereocenters. The van der Waals surface area contributed by atoms with Crippen LogP contribution >= 0.6 is 0 Å². The highest BCUT2D eigenvalue weighted by atomic mass is 16.6. The number of benzene rings is 1. The quantitative estimate of drug-likeness (QED) is 0.356. The fraction of sp³-hybridized carbons (Fsp3) is 0.571. The molecule has 0 spiro atoms. The van der Waals surface area contributed by atoms with Crippen LogP contribution in [0, 0.1) is 10.1 Å². The second kappa shape index (κ2) is 11.2. The van der Waals surface area contributed by atoms with Crippen LogP contribution in [0.4, 0.5) is 5.69 Å². The van der Waals surface area contributed by atoms with Crippen molar-refractivity contribution in [1.29, 1.82) is 0 Å². The van der Waals surface area contributed by atoms with Crippen molar-refractivity contribution in [3.63, 3.8) is 0 Å². The maximum Gasteiger partial charge on any atom is 0.269 e. The van der Waals surface area contributed by atoms with Crippen molar-refractivity contribution in [2.24, 2.45) is 0 Å². The SMILES string of the molecule is COCCOCCOCCNCc1ccc([N+](=O)[O-])cc1. The van der Waals surface area contributed by atoms with Gasteiger partial charge in [-0.15, -0.1) is 0 Å². The minimum absolute atomic E-state index is 0.107. The molecule has 0 aliphatic rings. The first-order valence-corrected chi connectivity index (χ1v) is 6.82. The number of methoxy groups -OCH3 is 1. The number of nitro benzene ring substituents is 1. The molecule has 0 amide bonds. The van der Waals surface area contributed by atoms with E-state index in [0.717, 1.165) is 12.1 Å². The summed E-state index contributed by atoms with van der Waals surface area (Å²) in [4.78, 5) is 10.1. The minimum atomic E-state index is -0.403. The van der Waals surface area contributed by atoms with Gasteiger partial charge in [-0.25, -0.2) is 0 Å². The van der Waals surface area contributed by atoms with E-state index in [1.807, 2.05) is 0 Å². The van der Waals surface area contributed by atoms with Crippen LogP contribution in [0.25, 0.3) is 0 Å². The number of nitrogens with zero attached hydrogens (tertiary/aromatic N) is 1. The highest BCUT2D eigenvalue weighted by molar-refractivity contribution is 5.32. The highest BCUT2D eigenvalue weighted by Crippen LogP contribution is 2.11. The van der Waals surface area contributed by atoms with Crippen molar-refractivity contribution >= 4 is 5.69 Å². The van der Waals surface area contributed by atoms with Crippen molar-refractivity contribution < 1.29 is 19.1 Å². The molecule has 7 nitrogen and oxygen atoms in total. The van der Waals surface area contributed by atoms with Gasteiger partial charge in [-0.3, -0.25) is 10.1 Å². The maximum atomic E-state index is 10.5. The molecule has 118 valence electrons. The molecule has 0 unspecified atom stereocenters. The summed E-state index contributed by atoms with van der Waals surface area (Å²) in [6, 6.07) is 6.50. The summed E-state index contributed by atoms with van der Waals surface area (Å²) in [5, 5.41) is 13.7. The lowest BCUT2D eigenvalue weighted by Crippen LogP contribution is -2.20. The molecule has 1 N–H and O–H groups in total. The van der Waals surface area contributed by atoms with Crippen LogP contribution in [-0.2, 0) is 20.8 Å². The van der Waals surface area contributed by atoms with Gasteiger partial charge < -0.3 is 19.5 Å². The number of nitrogens with one attached hydrogen (secondary N) is 1. The van der Waals surface area contributed by atoms with E-state index >= 15 is 0 Å². The van der Waals surface area contributed by atoms with E-state index in [2.05, 4.69) is 5.32 Å². The monoisotopic (exact) mass is 298 g/mol. The van der Waals surface area contributed by atoms with Gasteiger partial charge in [0.1, 0.15) is 0 Å². The third-order valence-corrected chi connectivity index (χ3v) is 2.70. The van der Waals surface area contributed by atoms with Gasteiger partial charge in [0.25, 0.3) is 5.69 Å². The van der Waals surface area contributed by atoms with Crippen molar-refractivity contribution in [2.45, 2.75) is 6.54 Å². The molecule has 1 aromatic carbocycles. The fourth-order valence-corrected chi connectivity index (χ4v) is 1.58. The van der Waals surface area contributed by atoms with Crippen molar-refractivity contribution in [2.75, 3.05) is 46.7 Å². The molecule has 0 bridgehead atoms. The van der Waals surface area contributed by atoms with Gasteiger partial charge in [0.05, 0.1) is 38.0 Å². The number of rotatable bonds is 12. The van der Waals surface area contributed by atoms with Crippen molar-refractivity contribution in [3.8, 4) is 0 Å². The Morgan fingerprint density at radius 1 is 1.05 bits per heavy atom. The Balaban J connectivity index is 1.98. The molecule has 1 rings (SSSR count). The van der Waals surface area contributed by atoms with E-state index in [4.69, 9.17) is 14.2 Å². The zero-order valence-electron chi connectivity index (χ0n) is 12.2. The largest absolute Gasteiger partial charge is 0.382 e. The third-order valence-electron chi connectivity index (χ3n) is 2.70. The summed E-state index contributed by atoms with van der Waals surface area (Å²) in [5.74, 6) is 0. The fourth-order valence-electron chi connectivity index (χ4n) is 1.58. The number of hydrogen-bond donors (Lipinski definition) is 1. The van der Waals surface area contributed by atoms with E-state index in [9.17, 15) is 10.1 Å². The molecule has 1 aromatic rings. The van der Waals surface area contributed by atoms with Gasteiger partial charge in [0, 0.05) is 32.3 Å². The summed E-state index contributed by atoms with van der Waals surface area (Å²) in [6.45, 7) is 4.27. The molecule has 0 fully saturated rings. The van der Waals surface area contributed by atoms with E-state index in [0.29, 0.717) is 39.6 Å². The van der Waals surface area contributed by atoms with E-state index < -0.39 is 4.92 Å². The second-order valence-corrected chi connectivity index (χ2v) is 4.32. The Morgan fingerprint density at radius 3 is 2.29 bits per heavy atom. The molecule has 0 saturated carbocycles. The average molecular weight is 298 g/mol. The van der Waals surface area contributed by atoms with Crippen LogP contribution in [0.5, 0.6) is 0 Å². The van der Waals surface area contributed by atoms with Crippen LogP contribution in [-0.4, -0.2) is 51.6 Å². The maximum absolute atomic E-state index is 10.5. The molecular weight excluding hydrogens is 276 g/mol. The van der Waals surface area contributed by atoms with E-state index in [1.54, 1.807) is 19.2 Å². The lowest BCUT2D eigenvalue weighted by Gasteiger charge is -2.07.